The van der Waals surface area contributed by atoms with Gasteiger partial charge in [-0.1, -0.05) is 0 Å². The minimum absolute atomic E-state index is 0. The molecule has 1 aromatic carbocycles. The summed E-state index contributed by atoms with van der Waals surface area (Å²) in [5, 5.41) is 0. The van der Waals surface area contributed by atoms with Crippen LogP contribution >= 0.6 is 0 Å². The zero-order valence-electron chi connectivity index (χ0n) is 4.74. The zero-order valence-corrected chi connectivity index (χ0v) is 6.30. The van der Waals surface area contributed by atoms with E-state index in [2.05, 4.69) is 17.9 Å². The number of ether oxygens (including phenoxy) is 1. The molecule has 0 spiro atoms. The third kappa shape index (κ3) is 2.65. The molecule has 1 aromatic rings. The van der Waals surface area contributed by atoms with Gasteiger partial charge in [0.15, 0.2) is 0 Å². The average Bonchev–Trinajstić information content (AvgIpc) is 1.90. The van der Waals surface area contributed by atoms with E-state index in [1.54, 1.807) is 12.1 Å². The van der Waals surface area contributed by atoms with Gasteiger partial charge in [0.05, 0.1) is 0 Å². The van der Waals surface area contributed by atoms with Crippen molar-refractivity contribution in [2.75, 3.05) is 0 Å². The molecule has 0 aromatic heterocycles. The van der Waals surface area contributed by atoms with Crippen molar-refractivity contribution in [2.24, 2.45) is 0 Å². The quantitative estimate of drug-likeness (QED) is 0.508. The summed E-state index contributed by atoms with van der Waals surface area (Å²) in [6.07, 6.45) is 0. The molecule has 0 aliphatic carbocycles. The molecule has 2 heteroatoms. The van der Waals surface area contributed by atoms with Crippen molar-refractivity contribution >= 4 is 0 Å². The number of rotatable bonds is 1. The number of para-hydroxylation sites is 1. The van der Waals surface area contributed by atoms with Crippen molar-refractivity contribution in [1.82, 2.24) is 0 Å². The van der Waals surface area contributed by atoms with Gasteiger partial charge in [-0.2, -0.15) is 25.3 Å². The van der Waals surface area contributed by atoms with E-state index in [4.69, 9.17) is 0 Å². The Balaban J connectivity index is 0.000000640. The van der Waals surface area contributed by atoms with Crippen LogP contribution in [-0.2, 0) is 20.4 Å². The molecule has 1 nitrogen and oxygen atoms in total. The molecule has 0 saturated carbocycles. The molecule has 0 unspecified atom stereocenters. The maximum Gasteiger partial charge on any atom is 2.00 e. The Morgan fingerprint density at radius 1 is 1.44 bits per heavy atom. The minimum atomic E-state index is 0. The number of benzene rings is 1. The van der Waals surface area contributed by atoms with Gasteiger partial charge in [0.1, 0.15) is 0 Å². The Kier molecular flexibility index (Phi) is 4.39. The third-order valence-corrected chi connectivity index (χ3v) is 0.836. The molecule has 0 fully saturated rings. The van der Waals surface area contributed by atoms with Gasteiger partial charge >= 0.3 is 20.4 Å². The van der Waals surface area contributed by atoms with E-state index in [1.807, 2.05) is 12.1 Å². The van der Waals surface area contributed by atoms with Crippen molar-refractivity contribution < 1.29 is 25.2 Å². The summed E-state index contributed by atoms with van der Waals surface area (Å²) in [7, 11) is 3.22. The molecular weight excluding hydrogens is 206 g/mol. The summed E-state index contributed by atoms with van der Waals surface area (Å²) in [5.41, 5.74) is 0. The van der Waals surface area contributed by atoms with E-state index >= 15 is 0 Å². The Hall–Kier alpha value is -0.318. The first-order valence-electron chi connectivity index (χ1n) is 2.32. The summed E-state index contributed by atoms with van der Waals surface area (Å²) < 4.78 is 4.61. The monoisotopic (exact) mass is 212 g/mol. The molecule has 0 aliphatic heterocycles. The first-order valence-corrected chi connectivity index (χ1v) is 2.32. The molecule has 0 saturated heterocycles. The van der Waals surface area contributed by atoms with Crippen LogP contribution in [0.2, 0.25) is 0 Å². The number of hydrogen-bond donors (Lipinski definition) is 0. The number of hydrogen-bond acceptors (Lipinski definition) is 1. The van der Waals surface area contributed by atoms with Crippen LogP contribution in [0.15, 0.2) is 24.3 Å². The van der Waals surface area contributed by atoms with E-state index < -0.39 is 0 Å². The molecule has 0 N–H and O–H groups in total. The van der Waals surface area contributed by atoms with Gasteiger partial charge in [-0.15, -0.1) is 12.1 Å². The van der Waals surface area contributed by atoms with Crippen LogP contribution in [0.5, 0.6) is 5.75 Å². The first kappa shape index (κ1) is 8.68. The summed E-state index contributed by atoms with van der Waals surface area (Å²) in [6, 6.07) is 10.2. The molecule has 0 radical (unpaired) electrons. The van der Waals surface area contributed by atoms with Gasteiger partial charge in [0.25, 0.3) is 0 Å². The first-order chi connectivity index (χ1) is 3.93. The summed E-state index contributed by atoms with van der Waals surface area (Å²) in [6.45, 7) is 0. The molecule has 0 amide bonds. The zero-order chi connectivity index (χ0) is 5.82. The summed E-state index contributed by atoms with van der Waals surface area (Å²) >= 11 is 0. The largest absolute Gasteiger partial charge is 2.00 e. The van der Waals surface area contributed by atoms with Crippen LogP contribution in [0.4, 0.5) is 0 Å². The molecule has 9 heavy (non-hydrogen) atoms. The van der Waals surface area contributed by atoms with Crippen LogP contribution in [0.25, 0.3) is 0 Å². The molecule has 0 heterocycles. The van der Waals surface area contributed by atoms with Crippen molar-refractivity contribution in [3.8, 4) is 5.75 Å². The molecule has 1 rings (SSSR count). The summed E-state index contributed by atoms with van der Waals surface area (Å²) in [5.74, 6) is 0.674. The van der Waals surface area contributed by atoms with Crippen LogP contribution in [0.1, 0.15) is 0 Å². The predicted molar refractivity (Wildman–Crippen MR) is 31.3 cm³/mol. The maximum atomic E-state index is 4.61. The normalized spacial score (nSPS) is 7.67. The van der Waals surface area contributed by atoms with Crippen LogP contribution in [0, 0.1) is 13.2 Å². The van der Waals surface area contributed by atoms with Crippen molar-refractivity contribution in [2.45, 2.75) is 0 Å². The van der Waals surface area contributed by atoms with Gasteiger partial charge < -0.3 is 4.74 Å². The molecule has 0 atom stereocenters. The minimum Gasteiger partial charge on any atom is -0.683 e. The topological polar surface area (TPSA) is 9.23 Å². The van der Waals surface area contributed by atoms with Gasteiger partial charge in [0.2, 0.25) is 0 Å². The van der Waals surface area contributed by atoms with Crippen molar-refractivity contribution in [3.05, 3.63) is 37.4 Å². The fourth-order valence-electron chi connectivity index (χ4n) is 0.467. The second-order valence-electron chi connectivity index (χ2n) is 1.37. The van der Waals surface area contributed by atoms with Crippen molar-refractivity contribution in [1.29, 1.82) is 0 Å². The summed E-state index contributed by atoms with van der Waals surface area (Å²) in [4.78, 5) is 0. The van der Waals surface area contributed by atoms with Crippen LogP contribution in [0.3, 0.4) is 0 Å². The molecular formula is C7H6OPd. The second-order valence-corrected chi connectivity index (χ2v) is 1.37. The fraction of sp³-hybridized carbons (Fsp3) is 0. The van der Waals surface area contributed by atoms with E-state index in [0.717, 1.165) is 0 Å². The smallest absolute Gasteiger partial charge is 0.683 e. The molecule has 50 valence electrons. The van der Waals surface area contributed by atoms with Gasteiger partial charge in [0, 0.05) is 0 Å². The van der Waals surface area contributed by atoms with Crippen LogP contribution in [-0.4, -0.2) is 0 Å². The predicted octanol–water partition coefficient (Wildman–Crippen LogP) is 1.65. The van der Waals surface area contributed by atoms with E-state index in [9.17, 15) is 0 Å². The van der Waals surface area contributed by atoms with Gasteiger partial charge in [-0.3, -0.25) is 0 Å². The Labute approximate surface area is 68.7 Å². The Bertz CT molecular complexity index is 150. The Morgan fingerprint density at radius 2 is 2.22 bits per heavy atom. The fourth-order valence-corrected chi connectivity index (χ4v) is 0.467. The van der Waals surface area contributed by atoms with Gasteiger partial charge in [-0.25, -0.2) is 0 Å². The van der Waals surface area contributed by atoms with E-state index in [0.29, 0.717) is 5.75 Å². The van der Waals surface area contributed by atoms with Gasteiger partial charge in [-0.05, 0) is 5.75 Å². The van der Waals surface area contributed by atoms with E-state index in [1.165, 1.54) is 0 Å². The van der Waals surface area contributed by atoms with Crippen molar-refractivity contribution in [3.63, 3.8) is 0 Å². The van der Waals surface area contributed by atoms with E-state index in [-0.39, 0.29) is 20.4 Å². The molecule has 0 bridgehead atoms. The maximum absolute atomic E-state index is 4.61. The Morgan fingerprint density at radius 3 is 2.56 bits per heavy atom. The standard InChI is InChI=1S/C7H6O.Pd/c1-8-7-5-3-2-4-6-7;/h2-5H,1H2;/q-2;+2. The SMILES string of the molecule is [CH2-]Oc1[c-]cccc1.[Pd+2]. The van der Waals surface area contributed by atoms with Crippen LogP contribution < -0.4 is 4.74 Å². The third-order valence-electron chi connectivity index (χ3n) is 0.836. The molecule has 0 aliphatic rings. The average molecular weight is 213 g/mol. The second kappa shape index (κ2) is 4.55.